The highest BCUT2D eigenvalue weighted by Crippen LogP contribution is 2.29. The Morgan fingerprint density at radius 1 is 1.27 bits per heavy atom. The monoisotopic (exact) mass is 201 g/mol. The zero-order valence-electron chi connectivity index (χ0n) is 9.32. The first-order chi connectivity index (χ1) is 7.06. The van der Waals surface area contributed by atoms with Gasteiger partial charge in [0.15, 0.2) is 0 Å². The molecule has 0 bridgehead atoms. The van der Waals surface area contributed by atoms with Crippen LogP contribution in [-0.2, 0) is 17.3 Å². The smallest absolute Gasteiger partial charge is 0.129 e. The number of fused-ring (bicyclic) bond motifs is 1. The van der Waals surface area contributed by atoms with Crippen molar-refractivity contribution in [3.05, 3.63) is 36.0 Å². The van der Waals surface area contributed by atoms with Gasteiger partial charge in [0, 0.05) is 29.6 Å². The first-order valence-electron chi connectivity index (χ1n) is 5.07. The zero-order valence-corrected chi connectivity index (χ0v) is 9.32. The van der Waals surface area contributed by atoms with Gasteiger partial charge in [-0.2, -0.15) is 0 Å². The van der Waals surface area contributed by atoms with Crippen LogP contribution in [0.3, 0.4) is 0 Å². The van der Waals surface area contributed by atoms with Crippen LogP contribution < -0.4 is 0 Å². The number of carbonyl (C=O) groups is 1. The Bertz CT molecular complexity index is 508. The number of hydrogen-bond acceptors (Lipinski definition) is 1. The molecular weight excluding hydrogens is 186 g/mol. The van der Waals surface area contributed by atoms with E-state index >= 15 is 0 Å². The third-order valence-electron chi connectivity index (χ3n) is 2.92. The summed E-state index contributed by atoms with van der Waals surface area (Å²) in [5.41, 5.74) is 1.85. The largest absolute Gasteiger partial charge is 0.351 e. The number of aryl methyl sites for hydroxylation is 1. The second-order valence-corrected chi connectivity index (χ2v) is 4.50. The minimum Gasteiger partial charge on any atom is -0.351 e. The van der Waals surface area contributed by atoms with Crippen molar-refractivity contribution >= 4 is 17.2 Å². The van der Waals surface area contributed by atoms with Crippen LogP contribution in [0.25, 0.3) is 10.9 Å². The van der Waals surface area contributed by atoms with E-state index in [1.165, 1.54) is 5.52 Å². The topological polar surface area (TPSA) is 22.0 Å². The van der Waals surface area contributed by atoms with Gasteiger partial charge in [0.2, 0.25) is 0 Å². The van der Waals surface area contributed by atoms with Gasteiger partial charge in [0.1, 0.15) is 6.29 Å². The molecule has 0 saturated heterocycles. The Balaban J connectivity index is 2.77. The molecule has 0 unspecified atom stereocenters. The van der Waals surface area contributed by atoms with Crippen LogP contribution in [-0.4, -0.2) is 10.9 Å². The van der Waals surface area contributed by atoms with Crippen molar-refractivity contribution < 1.29 is 4.79 Å². The normalized spacial score (nSPS) is 11.9. The molecule has 0 atom stereocenters. The Hall–Kier alpha value is -1.57. The molecule has 0 radical (unpaired) electrons. The Morgan fingerprint density at radius 3 is 2.67 bits per heavy atom. The fourth-order valence-electron chi connectivity index (χ4n) is 1.93. The highest BCUT2D eigenvalue weighted by atomic mass is 16.1. The van der Waals surface area contributed by atoms with E-state index in [0.717, 1.165) is 17.2 Å². The van der Waals surface area contributed by atoms with Crippen LogP contribution in [0.1, 0.15) is 19.4 Å². The van der Waals surface area contributed by atoms with Crippen LogP contribution in [0.5, 0.6) is 0 Å². The SMILES string of the molecule is Cn1ccc2c(C(C)(C)C=O)cccc21. The number of aromatic nitrogens is 1. The van der Waals surface area contributed by atoms with Gasteiger partial charge < -0.3 is 9.36 Å². The maximum atomic E-state index is 11.1. The predicted molar refractivity (Wildman–Crippen MR) is 62.0 cm³/mol. The van der Waals surface area contributed by atoms with Crippen molar-refractivity contribution in [3.63, 3.8) is 0 Å². The van der Waals surface area contributed by atoms with Gasteiger partial charge in [-0.3, -0.25) is 0 Å². The second kappa shape index (κ2) is 3.23. The lowest BCUT2D eigenvalue weighted by Gasteiger charge is -2.18. The van der Waals surface area contributed by atoms with Crippen molar-refractivity contribution in [2.45, 2.75) is 19.3 Å². The number of rotatable bonds is 2. The van der Waals surface area contributed by atoms with Crippen LogP contribution in [0, 0.1) is 0 Å². The summed E-state index contributed by atoms with van der Waals surface area (Å²) >= 11 is 0. The highest BCUT2D eigenvalue weighted by molar-refractivity contribution is 5.88. The summed E-state index contributed by atoms with van der Waals surface area (Å²) in [6, 6.07) is 8.16. The highest BCUT2D eigenvalue weighted by Gasteiger charge is 2.22. The fourth-order valence-corrected chi connectivity index (χ4v) is 1.93. The quantitative estimate of drug-likeness (QED) is 0.685. The molecule has 0 amide bonds. The molecule has 1 heterocycles. The van der Waals surface area contributed by atoms with Gasteiger partial charge in [0.25, 0.3) is 0 Å². The average Bonchev–Trinajstić information content (AvgIpc) is 2.60. The van der Waals surface area contributed by atoms with Gasteiger partial charge in [-0.05, 0) is 31.5 Å². The number of nitrogens with zero attached hydrogens (tertiary/aromatic N) is 1. The molecule has 2 nitrogen and oxygen atoms in total. The molecule has 0 aliphatic rings. The molecule has 0 saturated carbocycles. The van der Waals surface area contributed by atoms with Crippen molar-refractivity contribution in [2.75, 3.05) is 0 Å². The van der Waals surface area contributed by atoms with Gasteiger partial charge in [-0.25, -0.2) is 0 Å². The number of benzene rings is 1. The molecule has 1 aromatic carbocycles. The first-order valence-corrected chi connectivity index (χ1v) is 5.07. The summed E-state index contributed by atoms with van der Waals surface area (Å²) in [6.07, 6.45) is 3.03. The summed E-state index contributed by atoms with van der Waals surface area (Å²) < 4.78 is 2.07. The van der Waals surface area contributed by atoms with Crippen LogP contribution in [0.15, 0.2) is 30.5 Å². The molecule has 78 valence electrons. The molecule has 15 heavy (non-hydrogen) atoms. The van der Waals surface area contributed by atoms with Crippen molar-refractivity contribution in [2.24, 2.45) is 7.05 Å². The van der Waals surface area contributed by atoms with E-state index in [1.54, 1.807) is 0 Å². The Labute approximate surface area is 89.5 Å². The number of hydrogen-bond donors (Lipinski definition) is 0. The van der Waals surface area contributed by atoms with E-state index in [-0.39, 0.29) is 0 Å². The number of carbonyl (C=O) groups excluding carboxylic acids is 1. The maximum absolute atomic E-state index is 11.1. The van der Waals surface area contributed by atoms with E-state index in [2.05, 4.69) is 16.7 Å². The van der Waals surface area contributed by atoms with Crippen LogP contribution in [0.4, 0.5) is 0 Å². The minimum atomic E-state index is -0.416. The second-order valence-electron chi connectivity index (χ2n) is 4.50. The summed E-state index contributed by atoms with van der Waals surface area (Å²) in [7, 11) is 2.01. The molecule has 0 spiro atoms. The van der Waals surface area contributed by atoms with Crippen molar-refractivity contribution in [3.8, 4) is 0 Å². The molecule has 1 aromatic heterocycles. The third-order valence-corrected chi connectivity index (χ3v) is 2.92. The fraction of sp³-hybridized carbons (Fsp3) is 0.308. The predicted octanol–water partition coefficient (Wildman–Crippen LogP) is 2.65. The lowest BCUT2D eigenvalue weighted by Crippen LogP contribution is -2.18. The molecular formula is C13H15NO. The molecule has 2 aromatic rings. The molecule has 0 aliphatic heterocycles. The average molecular weight is 201 g/mol. The van der Waals surface area contributed by atoms with Gasteiger partial charge in [0.05, 0.1) is 0 Å². The van der Waals surface area contributed by atoms with E-state index in [4.69, 9.17) is 0 Å². The molecule has 0 aliphatic carbocycles. The maximum Gasteiger partial charge on any atom is 0.129 e. The van der Waals surface area contributed by atoms with Gasteiger partial charge >= 0.3 is 0 Å². The van der Waals surface area contributed by atoms with E-state index < -0.39 is 5.41 Å². The van der Waals surface area contributed by atoms with E-state index in [9.17, 15) is 4.79 Å². The third kappa shape index (κ3) is 1.46. The van der Waals surface area contributed by atoms with E-state index in [1.807, 2.05) is 39.2 Å². The van der Waals surface area contributed by atoms with Gasteiger partial charge in [-0.1, -0.05) is 12.1 Å². The lowest BCUT2D eigenvalue weighted by atomic mass is 9.84. The Kier molecular flexibility index (Phi) is 2.14. The van der Waals surface area contributed by atoms with Crippen LogP contribution in [0.2, 0.25) is 0 Å². The van der Waals surface area contributed by atoms with E-state index in [0.29, 0.717) is 0 Å². The summed E-state index contributed by atoms with van der Waals surface area (Å²) in [5.74, 6) is 0. The first kappa shape index (κ1) is 9.97. The Morgan fingerprint density at radius 2 is 2.00 bits per heavy atom. The number of aldehydes is 1. The summed E-state index contributed by atoms with van der Waals surface area (Å²) in [4.78, 5) is 11.1. The molecule has 2 heteroatoms. The standard InChI is InChI=1S/C13H15NO/c1-13(2,9-15)11-5-4-6-12-10(11)7-8-14(12)3/h4-9H,1-3H3. The molecule has 0 fully saturated rings. The van der Waals surface area contributed by atoms with Crippen molar-refractivity contribution in [1.29, 1.82) is 0 Å². The molecule has 0 N–H and O–H groups in total. The van der Waals surface area contributed by atoms with Gasteiger partial charge in [-0.15, -0.1) is 0 Å². The molecule has 2 rings (SSSR count). The van der Waals surface area contributed by atoms with Crippen LogP contribution >= 0.6 is 0 Å². The summed E-state index contributed by atoms with van der Waals surface area (Å²) in [6.45, 7) is 3.89. The van der Waals surface area contributed by atoms with Crippen molar-refractivity contribution in [1.82, 2.24) is 4.57 Å². The lowest BCUT2D eigenvalue weighted by molar-refractivity contribution is -0.111. The minimum absolute atomic E-state index is 0.416. The summed E-state index contributed by atoms with van der Waals surface area (Å²) in [5, 5.41) is 1.16. The zero-order chi connectivity index (χ0) is 11.1.